The van der Waals surface area contributed by atoms with Crippen LogP contribution in [0.4, 0.5) is 0 Å². The summed E-state index contributed by atoms with van der Waals surface area (Å²) in [5.41, 5.74) is 3.39. The highest BCUT2D eigenvalue weighted by Crippen LogP contribution is 2.37. The third-order valence-electron chi connectivity index (χ3n) is 7.82. The molecule has 1 aliphatic rings. The summed E-state index contributed by atoms with van der Waals surface area (Å²) in [4.78, 5) is 6.23. The van der Waals surface area contributed by atoms with E-state index in [4.69, 9.17) is 28.5 Å². The lowest BCUT2D eigenvalue weighted by atomic mass is 9.90. The number of hydrogen-bond donors (Lipinski definition) is 0. The van der Waals surface area contributed by atoms with Gasteiger partial charge < -0.3 is 23.7 Å². The molecule has 0 radical (unpaired) electrons. The maximum absolute atomic E-state index is 6.23. The van der Waals surface area contributed by atoms with Crippen LogP contribution < -0.4 is 18.9 Å². The molecule has 4 aromatic carbocycles. The second kappa shape index (κ2) is 14.9. The average molecular weight is 572 g/mol. The second-order valence-corrected chi connectivity index (χ2v) is 10.4. The van der Waals surface area contributed by atoms with Crippen LogP contribution in [0.5, 0.6) is 23.0 Å². The van der Waals surface area contributed by atoms with Crippen molar-refractivity contribution in [3.63, 3.8) is 0 Å². The number of methoxy groups -OCH3 is 3. The Morgan fingerprint density at radius 2 is 1.40 bits per heavy atom. The number of para-hydroxylation sites is 1. The molecular weight excluding hydrogens is 530 g/mol. The summed E-state index contributed by atoms with van der Waals surface area (Å²) in [5.74, 6) is 3.92. The molecule has 0 atom stereocenters. The van der Waals surface area contributed by atoms with Crippen LogP contribution in [0.2, 0.25) is 0 Å². The zero-order valence-corrected chi connectivity index (χ0v) is 24.8. The van der Waals surface area contributed by atoms with E-state index in [-0.39, 0.29) is 0 Å². The number of nitrogens with zero attached hydrogens (tertiary/aromatic N) is 1. The number of rotatable bonds is 14. The topological polar surface area (TPSA) is 58.6 Å². The number of hydroxylamine groups is 2. The summed E-state index contributed by atoms with van der Waals surface area (Å²) < 4.78 is 28.5. The molecule has 0 bridgehead atoms. The first-order valence-corrected chi connectivity index (χ1v) is 14.6. The van der Waals surface area contributed by atoms with Crippen LogP contribution in [0.1, 0.15) is 41.9 Å². The molecule has 4 aromatic rings. The van der Waals surface area contributed by atoms with E-state index < -0.39 is 0 Å². The molecule has 5 rings (SSSR count). The minimum atomic E-state index is 0.437. The molecule has 0 N–H and O–H groups in total. The predicted octanol–water partition coefficient (Wildman–Crippen LogP) is 7.16. The molecule has 222 valence electrons. The van der Waals surface area contributed by atoms with Crippen molar-refractivity contribution in [2.45, 2.75) is 38.4 Å². The van der Waals surface area contributed by atoms with E-state index in [1.54, 1.807) is 21.3 Å². The Kier molecular flexibility index (Phi) is 10.5. The molecule has 0 unspecified atom stereocenters. The van der Waals surface area contributed by atoms with Gasteiger partial charge in [-0.2, -0.15) is 5.06 Å². The van der Waals surface area contributed by atoms with Gasteiger partial charge in [0.15, 0.2) is 0 Å². The highest BCUT2D eigenvalue weighted by Gasteiger charge is 2.22. The van der Waals surface area contributed by atoms with Crippen molar-refractivity contribution in [2.75, 3.05) is 47.6 Å². The number of ether oxygens (including phenoxy) is 5. The van der Waals surface area contributed by atoms with Crippen LogP contribution in [0.15, 0.2) is 78.9 Å². The van der Waals surface area contributed by atoms with Gasteiger partial charge in [-0.1, -0.05) is 54.6 Å². The molecule has 0 amide bonds. The summed E-state index contributed by atoms with van der Waals surface area (Å²) in [5, 5.41) is 4.14. The molecule has 1 heterocycles. The fourth-order valence-electron chi connectivity index (χ4n) is 5.56. The lowest BCUT2D eigenvalue weighted by Gasteiger charge is -2.31. The number of piperidine rings is 1. The van der Waals surface area contributed by atoms with Gasteiger partial charge >= 0.3 is 0 Å². The highest BCUT2D eigenvalue weighted by atomic mass is 16.7. The quantitative estimate of drug-likeness (QED) is 0.149. The van der Waals surface area contributed by atoms with E-state index in [1.165, 1.54) is 5.56 Å². The van der Waals surface area contributed by atoms with Crippen LogP contribution >= 0.6 is 0 Å². The van der Waals surface area contributed by atoms with Crippen molar-refractivity contribution in [3.8, 4) is 23.0 Å². The summed E-state index contributed by atoms with van der Waals surface area (Å²) in [6.45, 7) is 3.99. The number of hydrogen-bond acceptors (Lipinski definition) is 7. The number of benzene rings is 4. The van der Waals surface area contributed by atoms with Crippen LogP contribution in [0.25, 0.3) is 10.8 Å². The van der Waals surface area contributed by atoms with Crippen LogP contribution in [0, 0.1) is 0 Å². The second-order valence-electron chi connectivity index (χ2n) is 10.4. The maximum atomic E-state index is 6.23. The first-order valence-electron chi connectivity index (χ1n) is 14.6. The fourth-order valence-corrected chi connectivity index (χ4v) is 5.56. The average Bonchev–Trinajstić information content (AvgIpc) is 3.05. The Bertz CT molecular complexity index is 1420. The third kappa shape index (κ3) is 7.34. The fraction of sp³-hybridized carbons (Fsp3) is 0.371. The van der Waals surface area contributed by atoms with Gasteiger partial charge in [0.05, 0.1) is 47.8 Å². The Balaban J connectivity index is 1.04. The van der Waals surface area contributed by atoms with Crippen LogP contribution in [-0.4, -0.2) is 52.7 Å². The molecule has 42 heavy (non-hydrogen) atoms. The van der Waals surface area contributed by atoms with Gasteiger partial charge in [0.2, 0.25) is 0 Å². The molecule has 0 aliphatic carbocycles. The zero-order valence-electron chi connectivity index (χ0n) is 24.8. The Morgan fingerprint density at radius 1 is 0.690 bits per heavy atom. The normalized spacial score (nSPS) is 14.2. The number of fused-ring (bicyclic) bond motifs is 1. The van der Waals surface area contributed by atoms with Gasteiger partial charge in [-0.15, -0.1) is 0 Å². The van der Waals surface area contributed by atoms with E-state index in [2.05, 4.69) is 35.4 Å². The molecule has 0 saturated carbocycles. The monoisotopic (exact) mass is 571 g/mol. The summed E-state index contributed by atoms with van der Waals surface area (Å²) in [7, 11) is 5.09. The smallest absolute Gasteiger partial charge is 0.132 e. The summed E-state index contributed by atoms with van der Waals surface area (Å²) in [6.07, 6.45) is 2.91. The molecule has 1 saturated heterocycles. The first kappa shape index (κ1) is 29.7. The molecule has 0 aromatic heterocycles. The zero-order chi connectivity index (χ0) is 29.1. The van der Waals surface area contributed by atoms with Gasteiger partial charge in [0.25, 0.3) is 0 Å². The summed E-state index contributed by atoms with van der Waals surface area (Å²) in [6, 6.07) is 26.6. The first-order chi connectivity index (χ1) is 20.7. The minimum absolute atomic E-state index is 0.437. The molecule has 1 fully saturated rings. The Hall–Kier alpha value is -3.78. The van der Waals surface area contributed by atoms with Gasteiger partial charge in [0.1, 0.15) is 23.0 Å². The lowest BCUT2D eigenvalue weighted by molar-refractivity contribution is -0.180. The van der Waals surface area contributed by atoms with Crippen molar-refractivity contribution in [2.24, 2.45) is 0 Å². The van der Waals surface area contributed by atoms with Crippen molar-refractivity contribution >= 4 is 10.8 Å². The van der Waals surface area contributed by atoms with Crippen molar-refractivity contribution in [1.29, 1.82) is 0 Å². The highest BCUT2D eigenvalue weighted by molar-refractivity contribution is 5.94. The van der Waals surface area contributed by atoms with Crippen LogP contribution in [0.3, 0.4) is 0 Å². The van der Waals surface area contributed by atoms with Gasteiger partial charge in [-0.3, -0.25) is 4.84 Å². The van der Waals surface area contributed by atoms with Crippen LogP contribution in [-0.2, 0) is 22.8 Å². The molecule has 7 nitrogen and oxygen atoms in total. The van der Waals surface area contributed by atoms with Crippen molar-refractivity contribution in [3.05, 3.63) is 95.6 Å². The largest absolute Gasteiger partial charge is 0.496 e. The van der Waals surface area contributed by atoms with Gasteiger partial charge in [0, 0.05) is 41.4 Å². The standard InChI is InChI=1S/C35H41NO6/c1-37-33-12-7-4-9-28(33)24-40-21-8-22-41-30-15-13-26(14-16-30)27-17-19-36(20-18-27)42-25-29-23-34(38-2)31-10-5-6-11-32(31)35(29)39-3/h4-7,9-16,23,27H,8,17-22,24-25H2,1-3H3. The molecule has 7 heteroatoms. The lowest BCUT2D eigenvalue weighted by Crippen LogP contribution is -2.33. The Labute approximate surface area is 248 Å². The van der Waals surface area contributed by atoms with Gasteiger partial charge in [-0.25, -0.2) is 0 Å². The summed E-state index contributed by atoms with van der Waals surface area (Å²) >= 11 is 0. The van der Waals surface area contributed by atoms with Crippen molar-refractivity contribution in [1.82, 2.24) is 5.06 Å². The predicted molar refractivity (Wildman–Crippen MR) is 165 cm³/mol. The SMILES string of the molecule is COc1ccccc1COCCCOc1ccc(C2CCN(OCc3cc(OC)c4ccccc4c3OC)CC2)cc1. The van der Waals surface area contributed by atoms with E-state index in [9.17, 15) is 0 Å². The molecular formula is C35H41NO6. The maximum Gasteiger partial charge on any atom is 0.132 e. The third-order valence-corrected chi connectivity index (χ3v) is 7.82. The van der Waals surface area contributed by atoms with E-state index in [0.717, 1.165) is 77.2 Å². The van der Waals surface area contributed by atoms with Gasteiger partial charge in [-0.05, 0) is 48.6 Å². The van der Waals surface area contributed by atoms with Crippen molar-refractivity contribution < 1.29 is 28.5 Å². The minimum Gasteiger partial charge on any atom is -0.496 e. The van der Waals surface area contributed by atoms with E-state index in [1.807, 2.05) is 48.5 Å². The Morgan fingerprint density at radius 3 is 2.14 bits per heavy atom. The van der Waals surface area contributed by atoms with E-state index in [0.29, 0.717) is 32.3 Å². The molecule has 0 spiro atoms. The molecule has 1 aliphatic heterocycles. The van der Waals surface area contributed by atoms with E-state index >= 15 is 0 Å².